The zero-order chi connectivity index (χ0) is 12.5. The normalized spacial score (nSPS) is 12.9. The van der Waals surface area contributed by atoms with E-state index in [1.54, 1.807) is 0 Å². The van der Waals surface area contributed by atoms with Crippen molar-refractivity contribution in [3.8, 4) is 0 Å². The Bertz CT molecular complexity index is 370. The van der Waals surface area contributed by atoms with Crippen LogP contribution in [0.1, 0.15) is 32.4 Å². The minimum atomic E-state index is -0.0452. The van der Waals surface area contributed by atoms with E-state index in [0.717, 1.165) is 16.3 Å². The molecule has 0 aliphatic rings. The van der Waals surface area contributed by atoms with E-state index in [2.05, 4.69) is 20.8 Å². The molecule has 0 radical (unpaired) electrons. The van der Waals surface area contributed by atoms with Crippen molar-refractivity contribution in [3.63, 3.8) is 0 Å². The largest absolute Gasteiger partial charge is 0.378 e. The van der Waals surface area contributed by atoms with Crippen molar-refractivity contribution in [2.24, 2.45) is 11.1 Å². The van der Waals surface area contributed by atoms with E-state index in [1.165, 1.54) is 0 Å². The average Bonchev–Trinajstić information content (AvgIpc) is 2.15. The van der Waals surface area contributed by atoms with Gasteiger partial charge in [0.15, 0.2) is 0 Å². The van der Waals surface area contributed by atoms with Gasteiger partial charge in [0.05, 0.1) is 0 Å². The van der Waals surface area contributed by atoms with Crippen molar-refractivity contribution in [2.75, 3.05) is 19.0 Å². The number of halogens is 2. The molecule has 0 fully saturated rings. The molecule has 0 amide bonds. The lowest BCUT2D eigenvalue weighted by Crippen LogP contribution is -2.26. The summed E-state index contributed by atoms with van der Waals surface area (Å²) < 4.78 is 0. The molecule has 0 saturated heterocycles. The van der Waals surface area contributed by atoms with Gasteiger partial charge in [0.25, 0.3) is 0 Å². The fraction of sp³-hybridized carbons (Fsp3) is 0.538. The number of hydrogen-bond acceptors (Lipinski definition) is 2. The van der Waals surface area contributed by atoms with Crippen molar-refractivity contribution in [1.29, 1.82) is 0 Å². The number of anilines is 1. The summed E-state index contributed by atoms with van der Waals surface area (Å²) in [6.45, 7) is 6.36. The van der Waals surface area contributed by atoms with Gasteiger partial charge in [-0.1, -0.05) is 38.4 Å². The van der Waals surface area contributed by atoms with Gasteiger partial charge in [0.1, 0.15) is 0 Å². The van der Waals surface area contributed by atoms with E-state index >= 15 is 0 Å². The molecule has 0 aliphatic heterocycles. The first kappa shape index (κ1) is 16.6. The van der Waals surface area contributed by atoms with E-state index in [0.29, 0.717) is 0 Å². The average molecular weight is 277 g/mol. The highest BCUT2D eigenvalue weighted by Crippen LogP contribution is 2.35. The summed E-state index contributed by atoms with van der Waals surface area (Å²) in [5, 5.41) is 0.744. The van der Waals surface area contributed by atoms with Gasteiger partial charge in [-0.25, -0.2) is 0 Å². The molecule has 98 valence electrons. The highest BCUT2D eigenvalue weighted by Gasteiger charge is 2.24. The Morgan fingerprint density at radius 2 is 1.76 bits per heavy atom. The molecule has 0 saturated carbocycles. The molecule has 1 aromatic rings. The summed E-state index contributed by atoms with van der Waals surface area (Å²) in [6.07, 6.45) is 0. The topological polar surface area (TPSA) is 29.3 Å². The lowest BCUT2D eigenvalue weighted by molar-refractivity contribution is 0.327. The highest BCUT2D eigenvalue weighted by atomic mass is 35.5. The summed E-state index contributed by atoms with van der Waals surface area (Å²) in [5.74, 6) is 0. The third-order valence-corrected chi connectivity index (χ3v) is 3.10. The maximum Gasteiger partial charge on any atom is 0.0474 e. The predicted octanol–water partition coefficient (Wildman–Crippen LogP) is 3.87. The van der Waals surface area contributed by atoms with E-state index in [1.807, 2.05) is 37.2 Å². The minimum Gasteiger partial charge on any atom is -0.378 e. The van der Waals surface area contributed by atoms with Crippen LogP contribution in [0, 0.1) is 5.41 Å². The Morgan fingerprint density at radius 1 is 1.24 bits per heavy atom. The fourth-order valence-corrected chi connectivity index (χ4v) is 1.81. The molecule has 0 unspecified atom stereocenters. The predicted molar refractivity (Wildman–Crippen MR) is 79.4 cm³/mol. The van der Waals surface area contributed by atoms with Gasteiger partial charge in [-0.05, 0) is 23.1 Å². The van der Waals surface area contributed by atoms with Crippen LogP contribution in [0.25, 0.3) is 0 Å². The number of hydrogen-bond donors (Lipinski definition) is 1. The zero-order valence-electron chi connectivity index (χ0n) is 11.1. The molecule has 1 atom stereocenters. The van der Waals surface area contributed by atoms with Gasteiger partial charge >= 0.3 is 0 Å². The summed E-state index contributed by atoms with van der Waals surface area (Å²) >= 11 is 6.27. The van der Waals surface area contributed by atoms with E-state index < -0.39 is 0 Å². The van der Waals surface area contributed by atoms with Crippen molar-refractivity contribution in [2.45, 2.75) is 26.8 Å². The number of nitrogens with two attached hydrogens (primary N) is 1. The van der Waals surface area contributed by atoms with Crippen molar-refractivity contribution in [3.05, 3.63) is 28.8 Å². The number of rotatable bonds is 2. The molecule has 0 spiro atoms. The molecular formula is C13H22Cl2N2. The first-order chi connectivity index (χ1) is 7.23. The van der Waals surface area contributed by atoms with Gasteiger partial charge in [-0.2, -0.15) is 0 Å². The Hall–Kier alpha value is -0.440. The zero-order valence-corrected chi connectivity index (χ0v) is 12.7. The van der Waals surface area contributed by atoms with Gasteiger partial charge in [0.2, 0.25) is 0 Å². The monoisotopic (exact) mass is 276 g/mol. The van der Waals surface area contributed by atoms with Gasteiger partial charge < -0.3 is 10.6 Å². The summed E-state index contributed by atoms with van der Waals surface area (Å²) in [6, 6.07) is 5.99. The van der Waals surface area contributed by atoms with Crippen LogP contribution in [0.2, 0.25) is 5.02 Å². The summed E-state index contributed by atoms with van der Waals surface area (Å²) in [5.41, 5.74) is 8.32. The first-order valence-electron chi connectivity index (χ1n) is 5.46. The van der Waals surface area contributed by atoms with Crippen LogP contribution in [-0.2, 0) is 0 Å². The van der Waals surface area contributed by atoms with E-state index in [-0.39, 0.29) is 23.9 Å². The minimum absolute atomic E-state index is 0. The smallest absolute Gasteiger partial charge is 0.0474 e. The third kappa shape index (κ3) is 4.06. The second-order valence-corrected chi connectivity index (χ2v) is 5.85. The maximum atomic E-state index is 6.27. The highest BCUT2D eigenvalue weighted by molar-refractivity contribution is 6.31. The molecule has 1 rings (SSSR count). The quantitative estimate of drug-likeness (QED) is 0.889. The fourth-order valence-electron chi connectivity index (χ4n) is 1.51. The first-order valence-corrected chi connectivity index (χ1v) is 5.83. The Morgan fingerprint density at radius 3 is 2.12 bits per heavy atom. The number of nitrogens with zero attached hydrogens (tertiary/aromatic N) is 1. The van der Waals surface area contributed by atoms with Crippen LogP contribution in [0.3, 0.4) is 0 Å². The van der Waals surface area contributed by atoms with Gasteiger partial charge in [-0.3, -0.25) is 0 Å². The maximum absolute atomic E-state index is 6.27. The number of benzene rings is 1. The van der Waals surface area contributed by atoms with Gasteiger partial charge in [-0.15, -0.1) is 12.4 Å². The third-order valence-electron chi connectivity index (χ3n) is 2.77. The van der Waals surface area contributed by atoms with Crippen LogP contribution in [0.5, 0.6) is 0 Å². The van der Waals surface area contributed by atoms with Gasteiger partial charge in [0, 0.05) is 30.8 Å². The summed E-state index contributed by atoms with van der Waals surface area (Å²) in [4.78, 5) is 2.03. The van der Waals surface area contributed by atoms with Crippen LogP contribution in [0.15, 0.2) is 18.2 Å². The Labute approximate surface area is 116 Å². The lowest BCUT2D eigenvalue weighted by Gasteiger charge is -2.28. The molecule has 0 aliphatic carbocycles. The molecule has 2 nitrogen and oxygen atoms in total. The van der Waals surface area contributed by atoms with E-state index in [9.17, 15) is 0 Å². The van der Waals surface area contributed by atoms with Crippen molar-refractivity contribution in [1.82, 2.24) is 0 Å². The molecule has 4 heteroatoms. The van der Waals surface area contributed by atoms with Crippen LogP contribution >= 0.6 is 24.0 Å². The Kier molecular flexibility index (Phi) is 5.79. The molecule has 17 heavy (non-hydrogen) atoms. The second kappa shape index (κ2) is 5.94. The van der Waals surface area contributed by atoms with Crippen LogP contribution in [0.4, 0.5) is 5.69 Å². The molecule has 0 heterocycles. The van der Waals surface area contributed by atoms with Crippen molar-refractivity contribution < 1.29 is 0 Å². The SMILES string of the molecule is CN(C)c1ccc([C@@H](N)C(C)(C)C)c(Cl)c1.Cl. The van der Waals surface area contributed by atoms with Crippen molar-refractivity contribution >= 4 is 29.7 Å². The standard InChI is InChI=1S/C13H21ClN2.ClH/c1-13(2,3)12(15)10-7-6-9(16(4)5)8-11(10)14;/h6-8,12H,15H2,1-5H3;1H/t12-;/m1./s1. The molecule has 0 bridgehead atoms. The summed E-state index contributed by atoms with van der Waals surface area (Å²) in [7, 11) is 3.99. The molecular weight excluding hydrogens is 255 g/mol. The van der Waals surface area contributed by atoms with E-state index in [4.69, 9.17) is 17.3 Å². The molecule has 0 aromatic heterocycles. The molecule has 1 aromatic carbocycles. The lowest BCUT2D eigenvalue weighted by atomic mass is 9.83. The second-order valence-electron chi connectivity index (χ2n) is 5.44. The van der Waals surface area contributed by atoms with Crippen LogP contribution < -0.4 is 10.6 Å². The molecule has 2 N–H and O–H groups in total. The van der Waals surface area contributed by atoms with Crippen LogP contribution in [-0.4, -0.2) is 14.1 Å². The Balaban J connectivity index is 0.00000256.